The summed E-state index contributed by atoms with van der Waals surface area (Å²) >= 11 is 0. The van der Waals surface area contributed by atoms with E-state index >= 15 is 0 Å². The number of hydroxylamine groups is 1. The van der Waals surface area contributed by atoms with Gasteiger partial charge < -0.3 is 0 Å². The van der Waals surface area contributed by atoms with Crippen LogP contribution in [-0.2, 0) is 0 Å². The van der Waals surface area contributed by atoms with Crippen molar-refractivity contribution in [2.24, 2.45) is 4.99 Å². The molecule has 0 aliphatic rings. The standard InChI is InChI=1S/C11H12N4O.C2H6/c1-3-8-4-5-10-13-6-9(15(10)7-8)11(12-2)14-16;1-2/h3-7,16H,1H2,2H3,(H,12,14);1-2H3. The van der Waals surface area contributed by atoms with Crippen LogP contribution < -0.4 is 5.48 Å². The Morgan fingerprint density at radius 3 is 2.78 bits per heavy atom. The second-order valence-corrected chi connectivity index (χ2v) is 3.22. The minimum absolute atomic E-state index is 0.369. The van der Waals surface area contributed by atoms with Crippen LogP contribution in [0.25, 0.3) is 11.7 Å². The van der Waals surface area contributed by atoms with Crippen molar-refractivity contribution in [3.05, 3.63) is 42.4 Å². The number of aromatic nitrogens is 2. The minimum Gasteiger partial charge on any atom is -0.296 e. The van der Waals surface area contributed by atoms with E-state index < -0.39 is 0 Å². The summed E-state index contributed by atoms with van der Waals surface area (Å²) in [7, 11) is 1.59. The topological polar surface area (TPSA) is 61.9 Å². The molecule has 0 aliphatic carbocycles. The van der Waals surface area contributed by atoms with Gasteiger partial charge in [0.1, 0.15) is 11.3 Å². The first kappa shape index (κ1) is 13.9. The molecule has 2 rings (SSSR count). The normalized spacial score (nSPS) is 10.8. The molecule has 5 nitrogen and oxygen atoms in total. The lowest BCUT2D eigenvalue weighted by Gasteiger charge is -2.04. The predicted molar refractivity (Wildman–Crippen MR) is 74.0 cm³/mol. The van der Waals surface area contributed by atoms with Crippen molar-refractivity contribution in [2.45, 2.75) is 13.8 Å². The number of hydrogen-bond donors (Lipinski definition) is 2. The third kappa shape index (κ3) is 2.57. The van der Waals surface area contributed by atoms with Crippen LogP contribution in [-0.4, -0.2) is 27.5 Å². The van der Waals surface area contributed by atoms with E-state index in [4.69, 9.17) is 5.21 Å². The van der Waals surface area contributed by atoms with Gasteiger partial charge in [0.15, 0.2) is 5.84 Å². The number of fused-ring (bicyclic) bond motifs is 1. The third-order valence-corrected chi connectivity index (χ3v) is 2.34. The summed E-state index contributed by atoms with van der Waals surface area (Å²) in [6.07, 6.45) is 5.28. The number of aliphatic imine (C=N–C) groups is 1. The Morgan fingerprint density at radius 1 is 1.50 bits per heavy atom. The van der Waals surface area contributed by atoms with Gasteiger partial charge in [0.2, 0.25) is 0 Å². The Morgan fingerprint density at radius 2 is 2.22 bits per heavy atom. The molecule has 0 saturated heterocycles. The van der Waals surface area contributed by atoms with Gasteiger partial charge in [-0.05, 0) is 17.7 Å². The van der Waals surface area contributed by atoms with Gasteiger partial charge in [0.05, 0.1) is 6.20 Å². The lowest BCUT2D eigenvalue weighted by atomic mass is 10.3. The van der Waals surface area contributed by atoms with E-state index in [0.717, 1.165) is 11.2 Å². The quantitative estimate of drug-likeness (QED) is 0.486. The van der Waals surface area contributed by atoms with Crippen LogP contribution in [0.2, 0.25) is 0 Å². The van der Waals surface area contributed by atoms with Crippen molar-refractivity contribution in [1.82, 2.24) is 14.9 Å². The zero-order valence-electron chi connectivity index (χ0n) is 10.9. The van der Waals surface area contributed by atoms with E-state index in [1.54, 1.807) is 19.3 Å². The molecule has 5 heteroatoms. The minimum atomic E-state index is 0.369. The number of nitrogens with one attached hydrogen (secondary N) is 1. The molecule has 0 spiro atoms. The molecule has 0 fully saturated rings. The first-order valence-electron chi connectivity index (χ1n) is 5.77. The fourth-order valence-electron chi connectivity index (χ4n) is 1.51. The van der Waals surface area contributed by atoms with Gasteiger partial charge >= 0.3 is 0 Å². The molecule has 0 aromatic carbocycles. The number of amidine groups is 1. The highest BCUT2D eigenvalue weighted by atomic mass is 16.5. The lowest BCUT2D eigenvalue weighted by Crippen LogP contribution is -2.21. The van der Waals surface area contributed by atoms with Crippen LogP contribution in [0, 0.1) is 0 Å². The van der Waals surface area contributed by atoms with E-state index in [1.165, 1.54) is 0 Å². The van der Waals surface area contributed by atoms with Crippen LogP contribution in [0.5, 0.6) is 0 Å². The highest BCUT2D eigenvalue weighted by molar-refractivity contribution is 5.97. The Labute approximate surface area is 106 Å². The molecule has 0 saturated carbocycles. The molecule has 0 aliphatic heterocycles. The zero-order chi connectivity index (χ0) is 13.5. The lowest BCUT2D eigenvalue weighted by molar-refractivity contribution is 0.234. The molecule has 0 amide bonds. The van der Waals surface area contributed by atoms with Crippen LogP contribution in [0.4, 0.5) is 0 Å². The maximum atomic E-state index is 8.94. The van der Waals surface area contributed by atoms with Crippen LogP contribution in [0.1, 0.15) is 25.1 Å². The van der Waals surface area contributed by atoms with Gasteiger partial charge in [-0.3, -0.25) is 20.1 Å². The molecule has 2 aromatic heterocycles. The van der Waals surface area contributed by atoms with Crippen molar-refractivity contribution in [1.29, 1.82) is 0 Å². The van der Waals surface area contributed by atoms with Crippen LogP contribution in [0.15, 0.2) is 36.1 Å². The second-order valence-electron chi connectivity index (χ2n) is 3.22. The molecule has 0 bridgehead atoms. The Kier molecular flexibility index (Phi) is 5.07. The maximum Gasteiger partial charge on any atom is 0.170 e. The summed E-state index contributed by atoms with van der Waals surface area (Å²) in [4.78, 5) is 8.13. The summed E-state index contributed by atoms with van der Waals surface area (Å²) < 4.78 is 1.84. The molecule has 96 valence electrons. The molecule has 2 heterocycles. The van der Waals surface area contributed by atoms with E-state index in [-0.39, 0.29) is 0 Å². The molecule has 0 atom stereocenters. The number of imidazole rings is 1. The first-order chi connectivity index (χ1) is 8.80. The molecule has 2 aromatic rings. The number of hydrogen-bond acceptors (Lipinski definition) is 3. The molecular formula is C13H18N4O. The number of pyridine rings is 1. The van der Waals surface area contributed by atoms with Gasteiger partial charge in [0, 0.05) is 13.2 Å². The SMILES string of the molecule is C=Cc1ccc2ncc(C(=NC)NO)n2c1.CC. The van der Waals surface area contributed by atoms with Crippen molar-refractivity contribution in [3.63, 3.8) is 0 Å². The number of nitrogens with zero attached hydrogens (tertiary/aromatic N) is 3. The summed E-state index contributed by atoms with van der Waals surface area (Å²) in [5.41, 5.74) is 4.51. The van der Waals surface area contributed by atoms with Crippen LogP contribution in [0.3, 0.4) is 0 Å². The average molecular weight is 246 g/mol. The summed E-state index contributed by atoms with van der Waals surface area (Å²) in [5, 5.41) is 8.94. The van der Waals surface area contributed by atoms with E-state index in [9.17, 15) is 0 Å². The summed E-state index contributed by atoms with van der Waals surface area (Å²) in [5.74, 6) is 0.369. The predicted octanol–water partition coefficient (Wildman–Crippen LogP) is 2.36. The summed E-state index contributed by atoms with van der Waals surface area (Å²) in [6, 6.07) is 3.80. The van der Waals surface area contributed by atoms with Gasteiger partial charge in [-0.25, -0.2) is 4.98 Å². The monoisotopic (exact) mass is 246 g/mol. The fourth-order valence-corrected chi connectivity index (χ4v) is 1.51. The Bertz CT molecular complexity index is 557. The highest BCUT2D eigenvalue weighted by Gasteiger charge is 2.08. The Balaban J connectivity index is 0.000000771. The molecule has 0 unspecified atom stereocenters. The van der Waals surface area contributed by atoms with E-state index in [0.29, 0.717) is 11.5 Å². The van der Waals surface area contributed by atoms with Crippen LogP contribution >= 0.6 is 0 Å². The van der Waals surface area contributed by atoms with E-state index in [1.807, 2.05) is 42.1 Å². The largest absolute Gasteiger partial charge is 0.296 e. The van der Waals surface area contributed by atoms with E-state index in [2.05, 4.69) is 16.6 Å². The first-order valence-corrected chi connectivity index (χ1v) is 5.77. The maximum absolute atomic E-state index is 8.94. The van der Waals surface area contributed by atoms with Crippen molar-refractivity contribution >= 4 is 17.6 Å². The molecule has 2 N–H and O–H groups in total. The van der Waals surface area contributed by atoms with Crippen molar-refractivity contribution in [3.8, 4) is 0 Å². The van der Waals surface area contributed by atoms with Gasteiger partial charge in [-0.2, -0.15) is 0 Å². The van der Waals surface area contributed by atoms with Gasteiger partial charge in [-0.1, -0.05) is 26.5 Å². The summed E-state index contributed by atoms with van der Waals surface area (Å²) in [6.45, 7) is 7.71. The Hall–Kier alpha value is -2.14. The van der Waals surface area contributed by atoms with Crippen molar-refractivity contribution in [2.75, 3.05) is 7.05 Å². The van der Waals surface area contributed by atoms with Gasteiger partial charge in [-0.15, -0.1) is 0 Å². The van der Waals surface area contributed by atoms with Crippen molar-refractivity contribution < 1.29 is 5.21 Å². The fraction of sp³-hybridized carbons (Fsp3) is 0.231. The average Bonchev–Trinajstić information content (AvgIpc) is 2.86. The zero-order valence-corrected chi connectivity index (χ0v) is 10.9. The molecular weight excluding hydrogens is 228 g/mol. The molecule has 0 radical (unpaired) electrons. The third-order valence-electron chi connectivity index (χ3n) is 2.34. The molecule has 18 heavy (non-hydrogen) atoms. The second kappa shape index (κ2) is 6.56. The number of rotatable bonds is 2. The highest BCUT2D eigenvalue weighted by Crippen LogP contribution is 2.10. The van der Waals surface area contributed by atoms with Gasteiger partial charge in [0.25, 0.3) is 0 Å². The smallest absolute Gasteiger partial charge is 0.170 e.